The highest BCUT2D eigenvalue weighted by Gasteiger charge is 2.48. The fourth-order valence-corrected chi connectivity index (χ4v) is 2.01. The molecule has 1 rings (SSSR count). The van der Waals surface area contributed by atoms with Gasteiger partial charge in [0, 0.05) is 24.6 Å². The van der Waals surface area contributed by atoms with Gasteiger partial charge in [-0.3, -0.25) is 0 Å². The number of rotatable bonds is 5. The Kier molecular flexibility index (Phi) is 3.73. The molecule has 0 bridgehead atoms. The van der Waals surface area contributed by atoms with E-state index in [9.17, 15) is 0 Å². The lowest BCUT2D eigenvalue weighted by Gasteiger charge is -2.52. The molecule has 2 atom stereocenters. The van der Waals surface area contributed by atoms with Crippen LogP contribution in [0.5, 0.6) is 0 Å². The molecule has 0 heterocycles. The van der Waals surface area contributed by atoms with E-state index in [4.69, 9.17) is 4.74 Å². The normalized spacial score (nSPS) is 29.7. The van der Waals surface area contributed by atoms with Gasteiger partial charge in [0.05, 0.1) is 6.10 Å². The summed E-state index contributed by atoms with van der Waals surface area (Å²) in [6, 6.07) is 0.579. The Morgan fingerprint density at radius 2 is 2.21 bits per heavy atom. The summed E-state index contributed by atoms with van der Waals surface area (Å²) in [6.07, 6.45) is 1.56. The molecule has 2 unspecified atom stereocenters. The Bertz CT molecular complexity index is 210. The summed E-state index contributed by atoms with van der Waals surface area (Å²) >= 11 is 0. The number of hydrogen-bond acceptors (Lipinski definition) is 2. The van der Waals surface area contributed by atoms with Gasteiger partial charge in [-0.25, -0.2) is 0 Å². The standard InChI is InChI=1S/C12H23NO/c1-6-14-11-7-10(12(11,4)5)13-8-9(2)3/h10-11,13H,2,6-8H2,1,3-5H3. The minimum atomic E-state index is 0.269. The Labute approximate surface area is 87.7 Å². The van der Waals surface area contributed by atoms with Crippen molar-refractivity contribution in [1.29, 1.82) is 0 Å². The molecular weight excluding hydrogens is 174 g/mol. The zero-order chi connectivity index (χ0) is 10.8. The molecule has 1 saturated carbocycles. The predicted octanol–water partition coefficient (Wildman–Crippen LogP) is 2.36. The first-order chi connectivity index (χ1) is 6.48. The third kappa shape index (κ3) is 2.37. The lowest BCUT2D eigenvalue weighted by molar-refractivity contribution is -0.113. The summed E-state index contributed by atoms with van der Waals surface area (Å²) in [5.74, 6) is 0. The zero-order valence-electron chi connectivity index (χ0n) is 9.89. The summed E-state index contributed by atoms with van der Waals surface area (Å²) in [5, 5.41) is 3.52. The number of hydrogen-bond donors (Lipinski definition) is 1. The summed E-state index contributed by atoms with van der Waals surface area (Å²) in [4.78, 5) is 0. The smallest absolute Gasteiger partial charge is 0.0655 e. The van der Waals surface area contributed by atoms with Crippen molar-refractivity contribution >= 4 is 0 Å². The molecule has 0 amide bonds. The van der Waals surface area contributed by atoms with Crippen molar-refractivity contribution in [2.75, 3.05) is 13.2 Å². The van der Waals surface area contributed by atoms with Crippen molar-refractivity contribution in [1.82, 2.24) is 5.32 Å². The molecule has 1 fully saturated rings. The molecule has 0 aromatic rings. The lowest BCUT2D eigenvalue weighted by Crippen LogP contribution is -2.61. The Morgan fingerprint density at radius 3 is 2.64 bits per heavy atom. The van der Waals surface area contributed by atoms with Gasteiger partial charge in [-0.15, -0.1) is 0 Å². The van der Waals surface area contributed by atoms with Gasteiger partial charge in [-0.2, -0.15) is 0 Å². The third-order valence-electron chi connectivity index (χ3n) is 3.20. The molecule has 2 nitrogen and oxygen atoms in total. The van der Waals surface area contributed by atoms with E-state index >= 15 is 0 Å². The van der Waals surface area contributed by atoms with Crippen molar-refractivity contribution in [2.45, 2.75) is 46.3 Å². The molecule has 0 aliphatic heterocycles. The van der Waals surface area contributed by atoms with Crippen LogP contribution < -0.4 is 5.32 Å². The molecule has 1 N–H and O–H groups in total. The highest BCUT2D eigenvalue weighted by atomic mass is 16.5. The van der Waals surface area contributed by atoms with Gasteiger partial charge >= 0.3 is 0 Å². The maximum Gasteiger partial charge on any atom is 0.0655 e. The quantitative estimate of drug-likeness (QED) is 0.683. The number of nitrogens with one attached hydrogen (secondary N) is 1. The molecule has 14 heavy (non-hydrogen) atoms. The monoisotopic (exact) mass is 197 g/mol. The maximum atomic E-state index is 5.67. The van der Waals surface area contributed by atoms with Gasteiger partial charge in [0.25, 0.3) is 0 Å². The van der Waals surface area contributed by atoms with E-state index in [-0.39, 0.29) is 5.41 Å². The van der Waals surface area contributed by atoms with Crippen LogP contribution in [-0.4, -0.2) is 25.3 Å². The fourth-order valence-electron chi connectivity index (χ4n) is 2.01. The van der Waals surface area contributed by atoms with Gasteiger partial charge in [0.1, 0.15) is 0 Å². The average Bonchev–Trinajstić information content (AvgIpc) is 2.09. The lowest BCUT2D eigenvalue weighted by atomic mass is 9.64. The topological polar surface area (TPSA) is 21.3 Å². The molecule has 0 aromatic carbocycles. The molecular formula is C12H23NO. The van der Waals surface area contributed by atoms with E-state index in [0.29, 0.717) is 12.1 Å². The van der Waals surface area contributed by atoms with Gasteiger partial charge in [0.2, 0.25) is 0 Å². The summed E-state index contributed by atoms with van der Waals surface area (Å²) in [7, 11) is 0. The first-order valence-corrected chi connectivity index (χ1v) is 5.47. The fraction of sp³-hybridized carbons (Fsp3) is 0.833. The van der Waals surface area contributed by atoms with Crippen LogP contribution >= 0.6 is 0 Å². The van der Waals surface area contributed by atoms with Crippen molar-refractivity contribution in [3.8, 4) is 0 Å². The van der Waals surface area contributed by atoms with Crippen LogP contribution in [0.1, 0.15) is 34.1 Å². The zero-order valence-corrected chi connectivity index (χ0v) is 9.89. The van der Waals surface area contributed by atoms with Crippen LogP contribution in [-0.2, 0) is 4.74 Å². The molecule has 1 aliphatic carbocycles. The highest BCUT2D eigenvalue weighted by Crippen LogP contribution is 2.42. The van der Waals surface area contributed by atoms with Crippen molar-refractivity contribution in [2.24, 2.45) is 5.41 Å². The van der Waals surface area contributed by atoms with Crippen molar-refractivity contribution in [3.05, 3.63) is 12.2 Å². The van der Waals surface area contributed by atoms with Crippen LogP contribution in [0.2, 0.25) is 0 Å². The third-order valence-corrected chi connectivity index (χ3v) is 3.20. The van der Waals surface area contributed by atoms with E-state index in [0.717, 1.165) is 19.6 Å². The summed E-state index contributed by atoms with van der Waals surface area (Å²) in [5.41, 5.74) is 1.46. The summed E-state index contributed by atoms with van der Waals surface area (Å²) < 4.78 is 5.67. The molecule has 0 radical (unpaired) electrons. The highest BCUT2D eigenvalue weighted by molar-refractivity contribution is 5.04. The molecule has 0 aromatic heterocycles. The SMILES string of the molecule is C=C(C)CNC1CC(OCC)C1(C)C. The van der Waals surface area contributed by atoms with E-state index in [1.54, 1.807) is 0 Å². The molecule has 82 valence electrons. The maximum absolute atomic E-state index is 5.67. The molecule has 2 heteroatoms. The van der Waals surface area contributed by atoms with Gasteiger partial charge in [0.15, 0.2) is 0 Å². The van der Waals surface area contributed by atoms with Crippen LogP contribution in [0.4, 0.5) is 0 Å². The van der Waals surface area contributed by atoms with E-state index in [1.807, 2.05) is 0 Å². The Hall–Kier alpha value is -0.340. The second kappa shape index (κ2) is 4.45. The Morgan fingerprint density at radius 1 is 1.57 bits per heavy atom. The van der Waals surface area contributed by atoms with Crippen LogP contribution in [0.3, 0.4) is 0 Å². The average molecular weight is 197 g/mol. The van der Waals surface area contributed by atoms with Crippen LogP contribution in [0.15, 0.2) is 12.2 Å². The minimum Gasteiger partial charge on any atom is -0.378 e. The number of ether oxygens (including phenoxy) is 1. The summed E-state index contributed by atoms with van der Waals surface area (Å²) in [6.45, 7) is 14.3. The molecule has 0 spiro atoms. The first-order valence-electron chi connectivity index (χ1n) is 5.47. The predicted molar refractivity (Wildman–Crippen MR) is 60.4 cm³/mol. The largest absolute Gasteiger partial charge is 0.378 e. The molecule has 1 aliphatic rings. The second-order valence-electron chi connectivity index (χ2n) is 4.89. The first kappa shape index (κ1) is 11.7. The Balaban J connectivity index is 2.34. The molecule has 0 saturated heterocycles. The van der Waals surface area contributed by atoms with Crippen LogP contribution in [0, 0.1) is 5.41 Å². The second-order valence-corrected chi connectivity index (χ2v) is 4.89. The van der Waals surface area contributed by atoms with Gasteiger partial charge in [-0.1, -0.05) is 26.0 Å². The van der Waals surface area contributed by atoms with Gasteiger partial charge < -0.3 is 10.1 Å². The minimum absolute atomic E-state index is 0.269. The van der Waals surface area contributed by atoms with Crippen molar-refractivity contribution < 1.29 is 4.74 Å². The van der Waals surface area contributed by atoms with Gasteiger partial charge in [-0.05, 0) is 20.3 Å². The van der Waals surface area contributed by atoms with E-state index in [2.05, 4.69) is 39.6 Å². The van der Waals surface area contributed by atoms with E-state index in [1.165, 1.54) is 5.57 Å². The van der Waals surface area contributed by atoms with E-state index < -0.39 is 0 Å². The van der Waals surface area contributed by atoms with Crippen molar-refractivity contribution in [3.63, 3.8) is 0 Å². The van der Waals surface area contributed by atoms with Crippen LogP contribution in [0.25, 0.3) is 0 Å².